The fraction of sp³-hybridized carbons (Fsp3) is 0.269. The van der Waals surface area contributed by atoms with E-state index in [1.807, 2.05) is 61.5 Å². The van der Waals surface area contributed by atoms with Gasteiger partial charge in [0, 0.05) is 11.5 Å². The third-order valence-electron chi connectivity index (χ3n) is 5.58. The smallest absolute Gasteiger partial charge is 0.549 e. The maximum atomic E-state index is 10.7. The normalized spacial score (nSPS) is 10.7. The Morgan fingerprint density at radius 1 is 0.914 bits per heavy atom. The minimum absolute atomic E-state index is 0. The summed E-state index contributed by atoms with van der Waals surface area (Å²) in [6.45, 7) is 2.47. The largest absolute Gasteiger partial charge is 1.00 e. The van der Waals surface area contributed by atoms with Crippen molar-refractivity contribution in [1.82, 2.24) is 4.98 Å². The summed E-state index contributed by atoms with van der Waals surface area (Å²) in [7, 11) is 0. The zero-order valence-corrected chi connectivity index (χ0v) is 24.2. The molecule has 7 nitrogen and oxygen atoms in total. The van der Waals surface area contributed by atoms with Crippen molar-refractivity contribution in [2.45, 2.75) is 32.6 Å². The van der Waals surface area contributed by atoms with Crippen molar-refractivity contribution in [2.24, 2.45) is 5.92 Å². The van der Waals surface area contributed by atoms with Gasteiger partial charge in [-0.05, 0) is 72.5 Å². The third-order valence-corrected chi connectivity index (χ3v) is 5.58. The molecule has 4 rings (SSSR count). The van der Waals surface area contributed by atoms with Crippen LogP contribution in [0.2, 0.25) is 0 Å². The van der Waals surface area contributed by atoms with Crippen LogP contribution in [0.3, 0.4) is 0 Å². The molecule has 35 heavy (non-hydrogen) atoms. The second-order valence-corrected chi connectivity index (χ2v) is 8.10. The maximum absolute atomic E-state index is 10.7. The average molecular weight is 491 g/mol. The molecule has 0 saturated carbocycles. The topological polar surface area (TPSA) is 116 Å². The van der Waals surface area contributed by atoms with Crippen LogP contribution in [0, 0.1) is 12.8 Å². The summed E-state index contributed by atoms with van der Waals surface area (Å²) in [6, 6.07) is 17.8. The Morgan fingerprint density at radius 3 is 2.37 bits per heavy atom. The Morgan fingerprint density at radius 2 is 1.63 bits per heavy atom. The van der Waals surface area contributed by atoms with Crippen LogP contribution in [0.25, 0.3) is 33.3 Å². The number of nitrogens with zero attached hydrogens (tertiary/aromatic N) is 1. The second kappa shape index (κ2) is 13.4. The summed E-state index contributed by atoms with van der Waals surface area (Å²) in [4.78, 5) is 26.1. The molecule has 0 saturated heterocycles. The molecular weight excluding hydrogens is 468 g/mol. The molecule has 0 aliphatic carbocycles. The van der Waals surface area contributed by atoms with Gasteiger partial charge >= 0.3 is 59.1 Å². The molecule has 0 spiro atoms. The number of carbonyl (C=O) groups excluding carboxylic acids is 2. The first-order valence-electron chi connectivity index (χ1n) is 10.9. The third kappa shape index (κ3) is 7.56. The number of hydrogen-bond acceptors (Lipinski definition) is 7. The van der Waals surface area contributed by atoms with Gasteiger partial charge in [-0.2, -0.15) is 0 Å². The van der Waals surface area contributed by atoms with E-state index in [4.69, 9.17) is 9.15 Å². The van der Waals surface area contributed by atoms with Crippen LogP contribution in [-0.4, -0.2) is 23.5 Å². The molecule has 1 heterocycles. The number of aliphatic carboxylic acids is 2. The van der Waals surface area contributed by atoms with Crippen LogP contribution in [0.1, 0.15) is 31.2 Å². The number of aryl methyl sites for hydroxylation is 1. The van der Waals surface area contributed by atoms with Crippen LogP contribution in [-0.2, 0) is 9.59 Å². The molecule has 9 heteroatoms. The van der Waals surface area contributed by atoms with Crippen molar-refractivity contribution in [2.75, 3.05) is 6.61 Å². The van der Waals surface area contributed by atoms with E-state index in [0.29, 0.717) is 31.8 Å². The number of carbonyl (C=O) groups is 2. The van der Waals surface area contributed by atoms with E-state index in [-0.39, 0.29) is 65.5 Å². The zero-order chi connectivity index (χ0) is 23.4. The summed E-state index contributed by atoms with van der Waals surface area (Å²) in [5.41, 5.74) is 3.62. The number of fused-ring (bicyclic) bond motifs is 2. The Hall–Kier alpha value is -1.87. The number of rotatable bonds is 10. The van der Waals surface area contributed by atoms with Crippen molar-refractivity contribution in [3.05, 3.63) is 60.2 Å². The van der Waals surface area contributed by atoms with Crippen molar-refractivity contribution >= 4 is 33.8 Å². The summed E-state index contributed by atoms with van der Waals surface area (Å²) in [6.07, 6.45) is 1.79. The molecule has 0 aliphatic rings. The molecule has 4 aromatic rings. The average Bonchev–Trinajstić information content (AvgIpc) is 3.20. The SMILES string of the molecule is Cc1ccc2nc(-c3ccc4cc(OCCCCCC(C(=O)[O-])C(=O)[O-])ccc4c3)oc2c1.[Na+].[Na+]. The van der Waals surface area contributed by atoms with E-state index < -0.39 is 17.9 Å². The fourth-order valence-corrected chi connectivity index (χ4v) is 3.75. The summed E-state index contributed by atoms with van der Waals surface area (Å²) in [5.74, 6) is -3.45. The van der Waals surface area contributed by atoms with E-state index in [2.05, 4.69) is 4.98 Å². The number of hydrogen-bond donors (Lipinski definition) is 0. The maximum Gasteiger partial charge on any atom is 1.00 e. The molecular formula is C26H23NNa2O6. The van der Waals surface area contributed by atoms with Crippen molar-refractivity contribution in [1.29, 1.82) is 0 Å². The molecule has 0 amide bonds. The molecule has 0 aliphatic heterocycles. The van der Waals surface area contributed by atoms with E-state index in [1.54, 1.807) is 0 Å². The first-order valence-corrected chi connectivity index (χ1v) is 10.9. The van der Waals surface area contributed by atoms with Crippen LogP contribution in [0.4, 0.5) is 0 Å². The molecule has 170 valence electrons. The minimum Gasteiger partial charge on any atom is -0.549 e. The summed E-state index contributed by atoms with van der Waals surface area (Å²) < 4.78 is 11.7. The van der Waals surface area contributed by atoms with Gasteiger partial charge in [-0.15, -0.1) is 0 Å². The Kier molecular flexibility index (Phi) is 11.3. The van der Waals surface area contributed by atoms with E-state index in [0.717, 1.165) is 38.7 Å². The molecule has 3 aromatic carbocycles. The number of aromatic nitrogens is 1. The quantitative estimate of drug-likeness (QED) is 0.132. The van der Waals surface area contributed by atoms with Gasteiger partial charge in [0.1, 0.15) is 11.3 Å². The number of oxazole rings is 1. The Balaban J connectivity index is 0.00000216. The molecule has 0 radical (unpaired) electrons. The van der Waals surface area contributed by atoms with Crippen molar-refractivity contribution in [3.8, 4) is 17.2 Å². The molecule has 0 N–H and O–H groups in total. The molecule has 1 aromatic heterocycles. The van der Waals surface area contributed by atoms with Gasteiger partial charge in [-0.1, -0.05) is 31.0 Å². The summed E-state index contributed by atoms with van der Waals surface area (Å²) >= 11 is 0. The molecule has 0 bridgehead atoms. The predicted molar refractivity (Wildman–Crippen MR) is 119 cm³/mol. The zero-order valence-electron chi connectivity index (χ0n) is 20.2. The number of carboxylic acids is 2. The first-order chi connectivity index (χ1) is 15.9. The second-order valence-electron chi connectivity index (χ2n) is 8.10. The van der Waals surface area contributed by atoms with Gasteiger partial charge in [-0.3, -0.25) is 0 Å². The van der Waals surface area contributed by atoms with Gasteiger partial charge in [0.15, 0.2) is 5.58 Å². The van der Waals surface area contributed by atoms with Crippen LogP contribution < -0.4 is 74.1 Å². The van der Waals surface area contributed by atoms with E-state index in [9.17, 15) is 19.8 Å². The van der Waals surface area contributed by atoms with Gasteiger partial charge in [-0.25, -0.2) is 4.98 Å². The van der Waals surface area contributed by atoms with E-state index >= 15 is 0 Å². The Labute approximate surface area is 247 Å². The molecule has 0 unspecified atom stereocenters. The van der Waals surface area contributed by atoms with E-state index in [1.165, 1.54) is 0 Å². The molecule has 0 atom stereocenters. The monoisotopic (exact) mass is 491 g/mol. The predicted octanol–water partition coefficient (Wildman–Crippen LogP) is -2.98. The van der Waals surface area contributed by atoms with Crippen LogP contribution >= 0.6 is 0 Å². The number of carboxylic acid groups (broad SMARTS) is 2. The van der Waals surface area contributed by atoms with Crippen molar-refractivity contribution in [3.63, 3.8) is 0 Å². The van der Waals surface area contributed by atoms with Gasteiger partial charge < -0.3 is 29.0 Å². The van der Waals surface area contributed by atoms with Crippen LogP contribution in [0.15, 0.2) is 59.0 Å². The van der Waals surface area contributed by atoms with Gasteiger partial charge in [0.2, 0.25) is 5.89 Å². The number of unbranched alkanes of at least 4 members (excludes halogenated alkanes) is 2. The number of benzene rings is 3. The fourth-order valence-electron chi connectivity index (χ4n) is 3.75. The standard InChI is InChI=1S/C26H25NO6.2Na/c1-16-6-11-22-23(13-16)33-24(27-22)19-8-7-18-15-20(10-9-17(18)14-19)32-12-4-2-3-5-21(25(28)29)26(30)31;;/h6-11,13-15,21H,2-5,12H2,1H3,(H,28,29)(H,30,31);;/q;2*+1/p-2. The molecule has 0 fully saturated rings. The van der Waals surface area contributed by atoms with Gasteiger partial charge in [0.25, 0.3) is 0 Å². The van der Waals surface area contributed by atoms with Crippen molar-refractivity contribution < 1.29 is 88.1 Å². The van der Waals surface area contributed by atoms with Gasteiger partial charge in [0.05, 0.1) is 18.5 Å². The summed E-state index contributed by atoms with van der Waals surface area (Å²) in [5, 5.41) is 23.5. The minimum atomic E-state index is -1.60. The van der Waals surface area contributed by atoms with Crippen LogP contribution in [0.5, 0.6) is 5.75 Å². The first kappa shape index (κ1) is 29.4. The number of ether oxygens (including phenoxy) is 1. The Bertz CT molecular complexity index is 1310.